The molecule has 2 aliphatic heterocycles. The van der Waals surface area contributed by atoms with E-state index in [1.165, 1.54) is 42.8 Å². The summed E-state index contributed by atoms with van der Waals surface area (Å²) < 4.78 is 2.46. The molecule has 0 unspecified atom stereocenters. The van der Waals surface area contributed by atoms with Gasteiger partial charge in [-0.2, -0.15) is 0 Å². The summed E-state index contributed by atoms with van der Waals surface area (Å²) in [6.07, 6.45) is 13.1. The third-order valence-corrected chi connectivity index (χ3v) is 7.28. The smallest absolute Gasteiger partial charge is 0.160 e. The van der Waals surface area contributed by atoms with Crippen LogP contribution in [0.15, 0.2) is 47.8 Å². The molecule has 4 heterocycles. The summed E-state index contributed by atoms with van der Waals surface area (Å²) in [5, 5.41) is 1.21. The van der Waals surface area contributed by atoms with E-state index in [2.05, 4.69) is 52.0 Å². The average molecular weight is 367 g/mol. The molecule has 2 aromatic heterocycles. The van der Waals surface area contributed by atoms with Gasteiger partial charge in [-0.25, -0.2) is 0 Å². The molecule has 1 aliphatic carbocycles. The topological polar surface area (TPSA) is 33.4 Å². The summed E-state index contributed by atoms with van der Waals surface area (Å²) in [7, 11) is 0. The number of pyridine rings is 1. The fourth-order valence-electron chi connectivity index (χ4n) is 4.74. The van der Waals surface area contributed by atoms with Gasteiger partial charge in [0.2, 0.25) is 0 Å². The van der Waals surface area contributed by atoms with E-state index in [1.54, 1.807) is 0 Å². The molecule has 1 saturated heterocycles. The van der Waals surface area contributed by atoms with Crippen LogP contribution in [0.25, 0.3) is 0 Å². The molecule has 2 fully saturated rings. The minimum Gasteiger partial charge on any atom is -0.351 e. The van der Waals surface area contributed by atoms with Gasteiger partial charge in [-0.05, 0) is 43.0 Å². The zero-order valence-electron chi connectivity index (χ0n) is 15.3. The molecular weight excluding hydrogens is 340 g/mol. The van der Waals surface area contributed by atoms with E-state index in [0.717, 1.165) is 11.4 Å². The molecule has 136 valence electrons. The molecule has 5 rings (SSSR count). The second-order valence-corrected chi connectivity index (χ2v) is 8.65. The van der Waals surface area contributed by atoms with Crippen molar-refractivity contribution in [2.24, 2.45) is 4.99 Å². The predicted octanol–water partition coefficient (Wildman–Crippen LogP) is 4.98. The minimum absolute atomic E-state index is 0.104. The number of fused-ring (bicyclic) bond motifs is 1. The molecule has 0 N–H and O–H groups in total. The molecule has 0 aromatic carbocycles. The van der Waals surface area contributed by atoms with E-state index in [4.69, 9.17) is 4.99 Å². The minimum atomic E-state index is 0.104. The van der Waals surface area contributed by atoms with Gasteiger partial charge in [0, 0.05) is 36.4 Å². The standard InChI is InChI=1S/C21H26N4S/c1-2-16-14-26-21-23-19(18-9-5-6-11-22-18)20(25(16)21)15-10-12-24(13-15)17-7-3-4-8-17/h5-6,9-13,16-17,19-20H,2-4,7-8,14H2,1H3/t16-,19+,20-/m1/s1. The molecule has 1 saturated carbocycles. The van der Waals surface area contributed by atoms with Gasteiger partial charge in [0.25, 0.3) is 0 Å². The normalized spacial score (nSPS) is 28.6. The van der Waals surface area contributed by atoms with E-state index >= 15 is 0 Å². The van der Waals surface area contributed by atoms with Crippen LogP contribution in [-0.4, -0.2) is 31.4 Å². The Bertz CT molecular complexity index is 793. The van der Waals surface area contributed by atoms with Crippen molar-refractivity contribution in [3.8, 4) is 0 Å². The quantitative estimate of drug-likeness (QED) is 0.765. The Kier molecular flexibility index (Phi) is 4.27. The average Bonchev–Trinajstić information content (AvgIpc) is 3.44. The second kappa shape index (κ2) is 6.76. The van der Waals surface area contributed by atoms with Crippen molar-refractivity contribution < 1.29 is 0 Å². The first-order valence-corrected chi connectivity index (χ1v) is 10.9. The maximum Gasteiger partial charge on any atom is 0.160 e. The highest BCUT2D eigenvalue weighted by atomic mass is 32.2. The van der Waals surface area contributed by atoms with E-state index < -0.39 is 0 Å². The van der Waals surface area contributed by atoms with Crippen molar-refractivity contribution >= 4 is 16.9 Å². The van der Waals surface area contributed by atoms with Crippen LogP contribution in [-0.2, 0) is 0 Å². The second-order valence-electron chi connectivity index (χ2n) is 7.67. The summed E-state index contributed by atoms with van der Waals surface area (Å²) in [5.74, 6) is 1.16. The first-order valence-electron chi connectivity index (χ1n) is 9.92. The number of hydrogen-bond donors (Lipinski definition) is 0. The van der Waals surface area contributed by atoms with Crippen LogP contribution in [0.2, 0.25) is 0 Å². The zero-order valence-corrected chi connectivity index (χ0v) is 16.1. The van der Waals surface area contributed by atoms with E-state index in [-0.39, 0.29) is 12.1 Å². The number of nitrogens with zero attached hydrogens (tertiary/aromatic N) is 4. The number of hydrogen-bond acceptors (Lipinski definition) is 4. The lowest BCUT2D eigenvalue weighted by Gasteiger charge is -2.31. The van der Waals surface area contributed by atoms with E-state index in [1.807, 2.05) is 24.0 Å². The van der Waals surface area contributed by atoms with Gasteiger partial charge in [-0.3, -0.25) is 9.98 Å². The zero-order chi connectivity index (χ0) is 17.5. The first-order chi connectivity index (χ1) is 12.8. The van der Waals surface area contributed by atoms with Gasteiger partial charge in [0.15, 0.2) is 5.17 Å². The van der Waals surface area contributed by atoms with Gasteiger partial charge < -0.3 is 9.47 Å². The molecule has 0 bridgehead atoms. The third kappa shape index (κ3) is 2.68. The maximum atomic E-state index is 5.12. The molecular formula is C21H26N4S. The van der Waals surface area contributed by atoms with Crippen LogP contribution in [0.3, 0.4) is 0 Å². The summed E-state index contributed by atoms with van der Waals surface area (Å²) >= 11 is 1.92. The molecule has 5 heteroatoms. The number of amidine groups is 1. The van der Waals surface area contributed by atoms with Crippen LogP contribution in [0, 0.1) is 0 Å². The monoisotopic (exact) mass is 366 g/mol. The lowest BCUT2D eigenvalue weighted by molar-refractivity contribution is 0.255. The maximum absolute atomic E-state index is 5.12. The fourth-order valence-corrected chi connectivity index (χ4v) is 6.08. The third-order valence-electron chi connectivity index (χ3n) is 6.15. The van der Waals surface area contributed by atoms with E-state index in [0.29, 0.717) is 12.1 Å². The number of aromatic nitrogens is 2. The van der Waals surface area contributed by atoms with Gasteiger partial charge in [0.05, 0.1) is 11.7 Å². The van der Waals surface area contributed by atoms with Gasteiger partial charge >= 0.3 is 0 Å². The molecule has 3 aliphatic rings. The van der Waals surface area contributed by atoms with Crippen LogP contribution in [0.1, 0.15) is 68.4 Å². The highest BCUT2D eigenvalue weighted by Gasteiger charge is 2.45. The SMILES string of the molecule is CC[C@@H]1CSC2=N[C@@H](c3ccccn3)[C@@H](c3ccn(C4CCCC4)c3)N21. The molecule has 0 amide bonds. The van der Waals surface area contributed by atoms with Gasteiger partial charge in [0.1, 0.15) is 6.04 Å². The lowest BCUT2D eigenvalue weighted by Crippen LogP contribution is -2.35. The lowest BCUT2D eigenvalue weighted by atomic mass is 9.97. The molecule has 0 radical (unpaired) electrons. The Morgan fingerprint density at radius 3 is 2.85 bits per heavy atom. The number of rotatable bonds is 4. The summed E-state index contributed by atoms with van der Waals surface area (Å²) in [4.78, 5) is 12.3. The van der Waals surface area contributed by atoms with E-state index in [9.17, 15) is 0 Å². The molecule has 2 aromatic rings. The van der Waals surface area contributed by atoms with Crippen LogP contribution in [0.5, 0.6) is 0 Å². The number of aliphatic imine (C=N–C) groups is 1. The van der Waals surface area contributed by atoms with Crippen molar-refractivity contribution in [3.05, 3.63) is 54.1 Å². The Morgan fingerprint density at radius 2 is 2.08 bits per heavy atom. The molecule has 26 heavy (non-hydrogen) atoms. The van der Waals surface area contributed by atoms with Crippen molar-refractivity contribution in [1.82, 2.24) is 14.5 Å². The Balaban J connectivity index is 1.52. The highest BCUT2D eigenvalue weighted by Crippen LogP contribution is 2.48. The van der Waals surface area contributed by atoms with Crippen LogP contribution < -0.4 is 0 Å². The van der Waals surface area contributed by atoms with Crippen molar-refractivity contribution in [3.63, 3.8) is 0 Å². The summed E-state index contributed by atoms with van der Waals surface area (Å²) in [6, 6.07) is 10.2. The van der Waals surface area contributed by atoms with Gasteiger partial charge in [-0.15, -0.1) is 0 Å². The van der Waals surface area contributed by atoms with Crippen molar-refractivity contribution in [2.75, 3.05) is 5.75 Å². The fraction of sp³-hybridized carbons (Fsp3) is 0.524. The van der Waals surface area contributed by atoms with Crippen LogP contribution in [0.4, 0.5) is 0 Å². The van der Waals surface area contributed by atoms with Crippen LogP contribution >= 0.6 is 11.8 Å². The van der Waals surface area contributed by atoms with Crippen molar-refractivity contribution in [1.29, 1.82) is 0 Å². The van der Waals surface area contributed by atoms with Crippen molar-refractivity contribution in [2.45, 2.75) is 63.2 Å². The molecule has 3 atom stereocenters. The summed E-state index contributed by atoms with van der Waals surface area (Å²) in [6.45, 7) is 2.29. The predicted molar refractivity (Wildman–Crippen MR) is 107 cm³/mol. The Hall–Kier alpha value is -1.75. The molecule has 0 spiro atoms. The Labute approximate surface area is 159 Å². The number of thioether (sulfide) groups is 1. The highest BCUT2D eigenvalue weighted by molar-refractivity contribution is 8.14. The van der Waals surface area contributed by atoms with Gasteiger partial charge in [-0.1, -0.05) is 37.6 Å². The molecule has 4 nitrogen and oxygen atoms in total. The largest absolute Gasteiger partial charge is 0.351 e. The summed E-state index contributed by atoms with van der Waals surface area (Å²) in [5.41, 5.74) is 2.48. The first kappa shape index (κ1) is 16.4. The Morgan fingerprint density at radius 1 is 1.19 bits per heavy atom.